The molecule has 0 amide bonds. The molecule has 0 bridgehead atoms. The van der Waals surface area contributed by atoms with Gasteiger partial charge in [-0.25, -0.2) is 4.98 Å². The van der Waals surface area contributed by atoms with Crippen LogP contribution in [0.4, 0.5) is 5.69 Å². The summed E-state index contributed by atoms with van der Waals surface area (Å²) in [6, 6.07) is 14.6. The highest BCUT2D eigenvalue weighted by atomic mass is 35.5. The molecule has 0 saturated carbocycles. The second-order valence-corrected chi connectivity index (χ2v) is 5.69. The molecule has 1 aromatic heterocycles. The van der Waals surface area contributed by atoms with Crippen LogP contribution in [0.2, 0.25) is 5.02 Å². The molecule has 3 rings (SSSR count). The molecule has 0 saturated heterocycles. The van der Waals surface area contributed by atoms with E-state index in [0.29, 0.717) is 23.2 Å². The summed E-state index contributed by atoms with van der Waals surface area (Å²) in [6.45, 7) is 0.521. The van der Waals surface area contributed by atoms with Crippen molar-refractivity contribution < 1.29 is 4.74 Å². The van der Waals surface area contributed by atoms with E-state index in [2.05, 4.69) is 20.5 Å². The Labute approximate surface area is 145 Å². The number of nitrogens with two attached hydrogens (primary N) is 1. The third-order valence-electron chi connectivity index (χ3n) is 3.61. The lowest BCUT2D eigenvalue weighted by atomic mass is 10.1. The van der Waals surface area contributed by atoms with Gasteiger partial charge in [0.2, 0.25) is 0 Å². The number of aromatic amines is 1. The predicted molar refractivity (Wildman–Crippen MR) is 94.2 cm³/mol. The first-order valence-electron chi connectivity index (χ1n) is 7.46. The van der Waals surface area contributed by atoms with Crippen LogP contribution in [0.3, 0.4) is 0 Å². The number of methoxy groups -OCH3 is 1. The Morgan fingerprint density at radius 2 is 1.88 bits per heavy atom. The molecule has 0 radical (unpaired) electrons. The number of aromatic nitrogens is 3. The molecule has 124 valence electrons. The van der Waals surface area contributed by atoms with Gasteiger partial charge in [-0.2, -0.15) is 5.10 Å². The van der Waals surface area contributed by atoms with Gasteiger partial charge in [0.05, 0.1) is 19.7 Å². The number of hydrogen-bond donors (Lipinski definition) is 3. The molecule has 6 nitrogen and oxygen atoms in total. The third kappa shape index (κ3) is 3.84. The van der Waals surface area contributed by atoms with Crippen molar-refractivity contribution in [1.29, 1.82) is 0 Å². The standard InChI is InChI=1S/C17H18ClN5O/c1-24-14-8-6-13(7-9-14)20-10-15-21-17(23-22-15)16(19)11-2-4-12(18)5-3-11/h2-9,16,20H,10,19H2,1H3,(H,21,22,23). The van der Waals surface area contributed by atoms with E-state index in [9.17, 15) is 0 Å². The normalized spacial score (nSPS) is 12.0. The number of hydrogen-bond acceptors (Lipinski definition) is 5. The Bertz CT molecular complexity index is 786. The van der Waals surface area contributed by atoms with Crippen molar-refractivity contribution in [2.75, 3.05) is 12.4 Å². The second kappa shape index (κ2) is 7.33. The maximum Gasteiger partial charge on any atom is 0.171 e. The fourth-order valence-corrected chi connectivity index (χ4v) is 2.37. The van der Waals surface area contributed by atoms with Crippen molar-refractivity contribution in [3.05, 3.63) is 70.8 Å². The first-order valence-corrected chi connectivity index (χ1v) is 7.83. The molecule has 1 heterocycles. The fraction of sp³-hybridized carbons (Fsp3) is 0.176. The molecular weight excluding hydrogens is 326 g/mol. The van der Waals surface area contributed by atoms with Gasteiger partial charge in [-0.05, 0) is 42.0 Å². The van der Waals surface area contributed by atoms with Crippen LogP contribution < -0.4 is 15.8 Å². The Balaban J connectivity index is 1.63. The minimum atomic E-state index is -0.395. The van der Waals surface area contributed by atoms with Crippen LogP contribution in [0.5, 0.6) is 5.75 Å². The third-order valence-corrected chi connectivity index (χ3v) is 3.86. The molecule has 1 unspecified atom stereocenters. The van der Waals surface area contributed by atoms with Gasteiger partial charge in [0.25, 0.3) is 0 Å². The van der Waals surface area contributed by atoms with Crippen molar-refractivity contribution in [2.45, 2.75) is 12.6 Å². The summed E-state index contributed by atoms with van der Waals surface area (Å²) < 4.78 is 5.13. The minimum absolute atomic E-state index is 0.395. The van der Waals surface area contributed by atoms with E-state index in [0.717, 1.165) is 17.0 Å². The Hall–Kier alpha value is -2.57. The Morgan fingerprint density at radius 3 is 2.54 bits per heavy atom. The summed E-state index contributed by atoms with van der Waals surface area (Å²) in [5.74, 6) is 2.07. The maximum atomic E-state index is 6.20. The van der Waals surface area contributed by atoms with Crippen LogP contribution >= 0.6 is 11.6 Å². The molecule has 4 N–H and O–H groups in total. The number of H-pyrrole nitrogens is 1. The van der Waals surface area contributed by atoms with Gasteiger partial charge in [-0.1, -0.05) is 23.7 Å². The number of anilines is 1. The number of rotatable bonds is 6. The molecule has 0 spiro atoms. The largest absolute Gasteiger partial charge is 0.497 e. The quantitative estimate of drug-likeness (QED) is 0.640. The van der Waals surface area contributed by atoms with Gasteiger partial charge in [0.15, 0.2) is 5.82 Å². The van der Waals surface area contributed by atoms with Crippen LogP contribution in [-0.4, -0.2) is 22.3 Å². The lowest BCUT2D eigenvalue weighted by Gasteiger charge is -2.07. The summed E-state index contributed by atoms with van der Waals surface area (Å²) >= 11 is 5.89. The lowest BCUT2D eigenvalue weighted by molar-refractivity contribution is 0.415. The summed E-state index contributed by atoms with van der Waals surface area (Å²) in [6.07, 6.45) is 0. The average molecular weight is 344 g/mol. The molecular formula is C17H18ClN5O. The number of ether oxygens (including phenoxy) is 1. The van der Waals surface area contributed by atoms with E-state index in [4.69, 9.17) is 22.1 Å². The smallest absolute Gasteiger partial charge is 0.171 e. The van der Waals surface area contributed by atoms with Crippen LogP contribution in [0.1, 0.15) is 23.3 Å². The maximum absolute atomic E-state index is 6.20. The summed E-state index contributed by atoms with van der Waals surface area (Å²) in [4.78, 5) is 4.45. The van der Waals surface area contributed by atoms with Crippen LogP contribution in [0.15, 0.2) is 48.5 Å². The van der Waals surface area contributed by atoms with E-state index in [1.165, 1.54) is 0 Å². The summed E-state index contributed by atoms with van der Waals surface area (Å²) in [7, 11) is 1.64. The molecule has 1 atom stereocenters. The predicted octanol–water partition coefficient (Wildman–Crippen LogP) is 3.13. The van der Waals surface area contributed by atoms with Gasteiger partial charge in [0, 0.05) is 10.7 Å². The molecule has 0 aliphatic rings. The van der Waals surface area contributed by atoms with Crippen molar-refractivity contribution in [2.24, 2.45) is 5.73 Å². The zero-order valence-electron chi connectivity index (χ0n) is 13.2. The number of nitrogens with zero attached hydrogens (tertiary/aromatic N) is 2. The van der Waals surface area contributed by atoms with Gasteiger partial charge in [-0.3, -0.25) is 5.10 Å². The molecule has 2 aromatic carbocycles. The van der Waals surface area contributed by atoms with Crippen molar-refractivity contribution >= 4 is 17.3 Å². The second-order valence-electron chi connectivity index (χ2n) is 5.25. The van der Waals surface area contributed by atoms with Crippen LogP contribution in [0.25, 0.3) is 0 Å². The van der Waals surface area contributed by atoms with Crippen molar-refractivity contribution in [3.8, 4) is 5.75 Å². The summed E-state index contributed by atoms with van der Waals surface area (Å²) in [5.41, 5.74) is 8.08. The van der Waals surface area contributed by atoms with E-state index in [1.807, 2.05) is 36.4 Å². The average Bonchev–Trinajstić information content (AvgIpc) is 3.09. The van der Waals surface area contributed by atoms with Gasteiger partial charge >= 0.3 is 0 Å². The van der Waals surface area contributed by atoms with Crippen LogP contribution in [-0.2, 0) is 6.54 Å². The molecule has 24 heavy (non-hydrogen) atoms. The fourth-order valence-electron chi connectivity index (χ4n) is 2.24. The van der Waals surface area contributed by atoms with Gasteiger partial charge in [0.1, 0.15) is 11.6 Å². The molecule has 0 aliphatic heterocycles. The van der Waals surface area contributed by atoms with Crippen LogP contribution in [0, 0.1) is 0 Å². The Kier molecular flexibility index (Phi) is 4.98. The van der Waals surface area contributed by atoms with Gasteiger partial charge < -0.3 is 15.8 Å². The lowest BCUT2D eigenvalue weighted by Crippen LogP contribution is -2.13. The van der Waals surface area contributed by atoms with Crippen molar-refractivity contribution in [1.82, 2.24) is 15.2 Å². The first-order chi connectivity index (χ1) is 11.7. The topological polar surface area (TPSA) is 88.8 Å². The number of nitrogens with one attached hydrogen (secondary N) is 2. The minimum Gasteiger partial charge on any atom is -0.497 e. The van der Waals surface area contributed by atoms with Gasteiger partial charge in [-0.15, -0.1) is 0 Å². The SMILES string of the molecule is COc1ccc(NCc2nc(C(N)c3ccc(Cl)cc3)n[nH]2)cc1. The highest BCUT2D eigenvalue weighted by Crippen LogP contribution is 2.19. The highest BCUT2D eigenvalue weighted by molar-refractivity contribution is 6.30. The zero-order chi connectivity index (χ0) is 16.9. The summed E-state index contributed by atoms with van der Waals surface area (Å²) in [5, 5.41) is 11.0. The zero-order valence-corrected chi connectivity index (χ0v) is 13.9. The molecule has 0 fully saturated rings. The van der Waals surface area contributed by atoms with E-state index in [-0.39, 0.29) is 0 Å². The number of benzene rings is 2. The van der Waals surface area contributed by atoms with E-state index >= 15 is 0 Å². The number of halogens is 1. The molecule has 3 aromatic rings. The van der Waals surface area contributed by atoms with E-state index in [1.54, 1.807) is 19.2 Å². The van der Waals surface area contributed by atoms with E-state index < -0.39 is 6.04 Å². The highest BCUT2D eigenvalue weighted by Gasteiger charge is 2.14. The monoisotopic (exact) mass is 343 g/mol. The Morgan fingerprint density at radius 1 is 1.17 bits per heavy atom. The first kappa shape index (κ1) is 16.3. The van der Waals surface area contributed by atoms with Crippen molar-refractivity contribution in [3.63, 3.8) is 0 Å². The molecule has 0 aliphatic carbocycles. The molecule has 7 heteroatoms.